The van der Waals surface area contributed by atoms with Gasteiger partial charge >= 0.3 is 0 Å². The zero-order valence-electron chi connectivity index (χ0n) is 17.0. The van der Waals surface area contributed by atoms with Gasteiger partial charge < -0.3 is 14.8 Å². The molecule has 0 aliphatic heterocycles. The summed E-state index contributed by atoms with van der Waals surface area (Å²) >= 11 is 0. The van der Waals surface area contributed by atoms with Crippen molar-refractivity contribution in [2.24, 2.45) is 0 Å². The molecule has 6 heteroatoms. The summed E-state index contributed by atoms with van der Waals surface area (Å²) in [5.74, 6) is 2.05. The third-order valence-corrected chi connectivity index (χ3v) is 4.94. The lowest BCUT2D eigenvalue weighted by atomic mass is 10.1. The minimum atomic E-state index is -0.0947. The van der Waals surface area contributed by atoms with Crippen LogP contribution >= 0.6 is 0 Å². The number of pyridine rings is 1. The van der Waals surface area contributed by atoms with Crippen LogP contribution in [0.15, 0.2) is 72.9 Å². The molecule has 0 aliphatic carbocycles. The van der Waals surface area contributed by atoms with Crippen molar-refractivity contribution in [3.8, 4) is 22.8 Å². The summed E-state index contributed by atoms with van der Waals surface area (Å²) in [4.78, 5) is 17.6. The minimum Gasteiger partial charge on any atom is -0.497 e. The van der Waals surface area contributed by atoms with Crippen LogP contribution in [0.3, 0.4) is 0 Å². The van der Waals surface area contributed by atoms with E-state index in [0.717, 1.165) is 34.0 Å². The number of benzene rings is 2. The summed E-state index contributed by atoms with van der Waals surface area (Å²) < 4.78 is 12.6. The van der Waals surface area contributed by atoms with Crippen LogP contribution in [0, 0.1) is 0 Å². The number of fused-ring (bicyclic) bond motifs is 1. The van der Waals surface area contributed by atoms with E-state index in [1.807, 2.05) is 77.3 Å². The Bertz CT molecular complexity index is 1170. The highest BCUT2D eigenvalue weighted by atomic mass is 16.5. The van der Waals surface area contributed by atoms with Crippen molar-refractivity contribution in [3.05, 3.63) is 78.5 Å². The van der Waals surface area contributed by atoms with E-state index in [9.17, 15) is 4.79 Å². The molecule has 0 bridgehead atoms. The maximum Gasteiger partial charge on any atom is 0.225 e. The van der Waals surface area contributed by atoms with Gasteiger partial charge in [0.25, 0.3) is 0 Å². The number of anilines is 1. The summed E-state index contributed by atoms with van der Waals surface area (Å²) in [5, 5.41) is 3.06. The van der Waals surface area contributed by atoms with Crippen molar-refractivity contribution < 1.29 is 14.3 Å². The average molecular weight is 401 g/mol. The number of amides is 1. The van der Waals surface area contributed by atoms with Gasteiger partial charge in [0, 0.05) is 18.2 Å². The van der Waals surface area contributed by atoms with E-state index in [4.69, 9.17) is 14.5 Å². The second-order valence-electron chi connectivity index (χ2n) is 6.83. The lowest BCUT2D eigenvalue weighted by molar-refractivity contribution is -0.116. The molecular formula is C24H23N3O3. The van der Waals surface area contributed by atoms with E-state index >= 15 is 0 Å². The molecule has 0 radical (unpaired) electrons. The fraction of sp³-hybridized carbons (Fsp3) is 0.167. The van der Waals surface area contributed by atoms with Gasteiger partial charge in [-0.2, -0.15) is 0 Å². The fourth-order valence-corrected chi connectivity index (χ4v) is 3.43. The molecule has 6 nitrogen and oxygen atoms in total. The first-order valence-electron chi connectivity index (χ1n) is 9.73. The largest absolute Gasteiger partial charge is 0.497 e. The molecule has 0 unspecified atom stereocenters. The Labute approximate surface area is 175 Å². The number of hydrogen-bond acceptors (Lipinski definition) is 4. The van der Waals surface area contributed by atoms with Crippen LogP contribution in [-0.2, 0) is 11.2 Å². The number of rotatable bonds is 7. The summed E-state index contributed by atoms with van der Waals surface area (Å²) in [7, 11) is 3.24. The average Bonchev–Trinajstić information content (AvgIpc) is 3.16. The summed E-state index contributed by atoms with van der Waals surface area (Å²) in [5.41, 5.74) is 3.40. The van der Waals surface area contributed by atoms with Crippen LogP contribution in [0.1, 0.15) is 12.0 Å². The Morgan fingerprint density at radius 2 is 1.80 bits per heavy atom. The number of nitrogens with zero attached hydrogens (tertiary/aromatic N) is 2. The standard InChI is InChI=1S/C24H23N3O3/c1-29-19-12-13-20(30-2)18(16-19)11-14-22(28)26-24-23(17-8-4-3-5-9-17)25-21-10-6-7-15-27(21)24/h3-10,12-13,15-16H,11,14H2,1-2H3,(H,26,28). The number of ether oxygens (including phenoxy) is 2. The molecule has 0 aliphatic rings. The van der Waals surface area contributed by atoms with E-state index in [1.165, 1.54) is 0 Å². The molecule has 0 saturated heterocycles. The van der Waals surface area contributed by atoms with Crippen molar-refractivity contribution in [2.45, 2.75) is 12.8 Å². The summed E-state index contributed by atoms with van der Waals surface area (Å²) in [6.07, 6.45) is 2.73. The molecule has 30 heavy (non-hydrogen) atoms. The minimum absolute atomic E-state index is 0.0947. The lowest BCUT2D eigenvalue weighted by Crippen LogP contribution is -2.14. The first kappa shape index (κ1) is 19.5. The molecule has 1 N–H and O–H groups in total. The number of aryl methyl sites for hydroxylation is 1. The first-order chi connectivity index (χ1) is 14.7. The SMILES string of the molecule is COc1ccc(OC)c(CCC(=O)Nc2c(-c3ccccc3)nc3ccccn23)c1. The Kier molecular flexibility index (Phi) is 5.66. The van der Waals surface area contributed by atoms with Crippen molar-refractivity contribution in [3.63, 3.8) is 0 Å². The number of methoxy groups -OCH3 is 2. The third-order valence-electron chi connectivity index (χ3n) is 4.94. The highest BCUT2D eigenvalue weighted by molar-refractivity contribution is 5.94. The predicted octanol–water partition coefficient (Wildman–Crippen LogP) is 4.59. The fourth-order valence-electron chi connectivity index (χ4n) is 3.43. The van der Waals surface area contributed by atoms with Gasteiger partial charge in [-0.15, -0.1) is 0 Å². The number of hydrogen-bond donors (Lipinski definition) is 1. The van der Waals surface area contributed by atoms with Gasteiger partial charge in [0.1, 0.15) is 28.7 Å². The number of nitrogens with one attached hydrogen (secondary N) is 1. The third kappa shape index (κ3) is 3.98. The predicted molar refractivity (Wildman–Crippen MR) is 117 cm³/mol. The van der Waals surface area contributed by atoms with E-state index < -0.39 is 0 Å². The molecule has 0 atom stereocenters. The second-order valence-corrected chi connectivity index (χ2v) is 6.83. The number of carbonyl (C=O) groups is 1. The van der Waals surface area contributed by atoms with Crippen LogP contribution in [0.2, 0.25) is 0 Å². The van der Waals surface area contributed by atoms with Gasteiger partial charge in [0.2, 0.25) is 5.91 Å². The van der Waals surface area contributed by atoms with E-state index in [1.54, 1.807) is 14.2 Å². The van der Waals surface area contributed by atoms with Crippen molar-refractivity contribution in [1.82, 2.24) is 9.38 Å². The first-order valence-corrected chi connectivity index (χ1v) is 9.73. The molecule has 0 saturated carbocycles. The second kappa shape index (κ2) is 8.69. The molecule has 152 valence electrons. The van der Waals surface area contributed by atoms with Crippen molar-refractivity contribution in [1.29, 1.82) is 0 Å². The maximum atomic E-state index is 12.8. The zero-order valence-corrected chi connectivity index (χ0v) is 17.0. The van der Waals surface area contributed by atoms with E-state index in [2.05, 4.69) is 5.32 Å². The molecule has 0 fully saturated rings. The Morgan fingerprint density at radius 1 is 1.00 bits per heavy atom. The molecule has 2 aromatic heterocycles. The summed E-state index contributed by atoms with van der Waals surface area (Å²) in [6.45, 7) is 0. The van der Waals surface area contributed by atoms with E-state index in [0.29, 0.717) is 18.7 Å². The number of imidazole rings is 1. The number of aromatic nitrogens is 2. The van der Waals surface area contributed by atoms with Gasteiger partial charge in [-0.3, -0.25) is 9.20 Å². The van der Waals surface area contributed by atoms with Crippen molar-refractivity contribution in [2.75, 3.05) is 19.5 Å². The van der Waals surface area contributed by atoms with E-state index in [-0.39, 0.29) is 5.91 Å². The topological polar surface area (TPSA) is 64.9 Å². The van der Waals surface area contributed by atoms with Gasteiger partial charge in [0.05, 0.1) is 14.2 Å². The molecule has 4 rings (SSSR count). The van der Waals surface area contributed by atoms with Crippen LogP contribution in [-0.4, -0.2) is 29.5 Å². The highest BCUT2D eigenvalue weighted by Crippen LogP contribution is 2.29. The molecule has 4 aromatic rings. The molecule has 2 aromatic carbocycles. The molecule has 2 heterocycles. The Hall–Kier alpha value is -3.80. The Morgan fingerprint density at radius 3 is 2.57 bits per heavy atom. The van der Waals surface area contributed by atoms with Gasteiger partial charge in [-0.05, 0) is 42.3 Å². The van der Waals surface area contributed by atoms with Gasteiger partial charge in [-0.1, -0.05) is 36.4 Å². The van der Waals surface area contributed by atoms with Gasteiger partial charge in [-0.25, -0.2) is 4.98 Å². The van der Waals surface area contributed by atoms with Crippen LogP contribution in [0.25, 0.3) is 16.9 Å². The smallest absolute Gasteiger partial charge is 0.225 e. The van der Waals surface area contributed by atoms with Crippen LogP contribution < -0.4 is 14.8 Å². The molecular weight excluding hydrogens is 378 g/mol. The summed E-state index contributed by atoms with van der Waals surface area (Å²) in [6, 6.07) is 21.2. The lowest BCUT2D eigenvalue weighted by Gasteiger charge is -2.11. The molecule has 1 amide bonds. The zero-order chi connectivity index (χ0) is 20.9. The van der Waals surface area contributed by atoms with Crippen molar-refractivity contribution >= 4 is 17.4 Å². The molecule has 0 spiro atoms. The number of carbonyl (C=O) groups excluding carboxylic acids is 1. The maximum absolute atomic E-state index is 12.8. The quantitative estimate of drug-likeness (QED) is 0.492. The van der Waals surface area contributed by atoms with Crippen LogP contribution in [0.5, 0.6) is 11.5 Å². The monoisotopic (exact) mass is 401 g/mol. The highest BCUT2D eigenvalue weighted by Gasteiger charge is 2.16. The normalized spacial score (nSPS) is 10.7. The van der Waals surface area contributed by atoms with Gasteiger partial charge in [0.15, 0.2) is 0 Å². The van der Waals surface area contributed by atoms with Crippen LogP contribution in [0.4, 0.5) is 5.82 Å². The Balaban J connectivity index is 1.58.